The van der Waals surface area contributed by atoms with Crippen molar-refractivity contribution in [2.45, 2.75) is 49.5 Å². The summed E-state index contributed by atoms with van der Waals surface area (Å²) in [6.45, 7) is 0.0471. The number of hydrogen-bond donors (Lipinski definition) is 2. The fraction of sp³-hybridized carbons (Fsp3) is 0.562. The summed E-state index contributed by atoms with van der Waals surface area (Å²) >= 11 is 0. The van der Waals surface area contributed by atoms with E-state index in [1.807, 2.05) is 30.3 Å². The van der Waals surface area contributed by atoms with Gasteiger partial charge < -0.3 is 9.84 Å². The fourth-order valence-electron chi connectivity index (χ4n) is 3.07. The molecular formula is C16H22N2O3S. The fourth-order valence-corrected chi connectivity index (χ4v) is 4.35. The molecule has 0 bridgehead atoms. The normalized spacial score (nSPS) is 31.0. The first-order chi connectivity index (χ1) is 10.8. The molecule has 22 heavy (non-hydrogen) atoms. The molecule has 2 fully saturated rings. The highest BCUT2D eigenvalue weighted by Gasteiger charge is 2.37. The third-order valence-corrected chi connectivity index (χ3v) is 5.69. The molecule has 1 aliphatic heterocycles. The molecule has 1 aromatic carbocycles. The van der Waals surface area contributed by atoms with E-state index in [0.717, 1.165) is 31.2 Å². The lowest BCUT2D eigenvalue weighted by molar-refractivity contribution is 0.134. The zero-order valence-corrected chi connectivity index (χ0v) is 13.3. The first kappa shape index (κ1) is 15.5. The van der Waals surface area contributed by atoms with Crippen LogP contribution in [0, 0.1) is 0 Å². The molecule has 3 unspecified atom stereocenters. The molecule has 0 radical (unpaired) electrons. The number of amidine groups is 1. The molecule has 1 aromatic rings. The van der Waals surface area contributed by atoms with Gasteiger partial charge in [-0.05, 0) is 31.2 Å². The Morgan fingerprint density at radius 1 is 1.32 bits per heavy atom. The van der Waals surface area contributed by atoms with Crippen molar-refractivity contribution in [2.75, 3.05) is 6.61 Å². The second-order valence-electron chi connectivity index (χ2n) is 5.75. The molecule has 2 aliphatic rings. The van der Waals surface area contributed by atoms with E-state index in [2.05, 4.69) is 9.71 Å². The third-order valence-electron chi connectivity index (χ3n) is 4.23. The lowest BCUT2D eigenvalue weighted by Gasteiger charge is -2.35. The van der Waals surface area contributed by atoms with Crippen LogP contribution in [-0.4, -0.2) is 33.3 Å². The number of aliphatic hydroxyl groups excluding tert-OH is 1. The lowest BCUT2D eigenvalue weighted by atomic mass is 9.97. The van der Waals surface area contributed by atoms with Gasteiger partial charge in [-0.2, -0.15) is 0 Å². The quantitative estimate of drug-likeness (QED) is 0.891. The molecule has 120 valence electrons. The molecule has 1 saturated heterocycles. The van der Waals surface area contributed by atoms with Gasteiger partial charge in [0.05, 0.1) is 11.3 Å². The third kappa shape index (κ3) is 3.50. The van der Waals surface area contributed by atoms with Crippen LogP contribution in [0.2, 0.25) is 0 Å². The molecule has 3 rings (SSSR count). The highest BCUT2D eigenvalue weighted by molar-refractivity contribution is 7.84. The molecule has 1 heterocycles. The number of nitrogens with one attached hydrogen (secondary N) is 1. The first-order valence-electron chi connectivity index (χ1n) is 7.85. The standard InChI is InChI=1S/C16H22N2O3S/c19-11-10-13(12-6-2-1-3-7-12)17-16-18-22(20)15-9-5-4-8-14(15)21-16/h1-3,6-7,13-15,19H,4-5,8-11H2,(H,17,18)/t13-,14?,15?,22?/m1/s1. The van der Waals surface area contributed by atoms with E-state index in [-0.39, 0.29) is 24.0 Å². The number of fused-ring (bicyclic) bond motifs is 1. The summed E-state index contributed by atoms with van der Waals surface area (Å²) in [5.74, 6) is 0. The summed E-state index contributed by atoms with van der Waals surface area (Å²) < 4.78 is 21.1. The minimum Gasteiger partial charge on any atom is -0.460 e. The number of benzene rings is 1. The van der Waals surface area contributed by atoms with Crippen LogP contribution in [0.15, 0.2) is 35.3 Å². The van der Waals surface area contributed by atoms with Gasteiger partial charge in [0.2, 0.25) is 0 Å². The summed E-state index contributed by atoms with van der Waals surface area (Å²) in [7, 11) is -1.13. The minimum absolute atomic E-state index is 0.000123. The number of aliphatic hydroxyl groups is 1. The second-order valence-corrected chi connectivity index (χ2v) is 7.16. The largest absolute Gasteiger partial charge is 0.460 e. The number of hydrogen-bond acceptors (Lipinski definition) is 4. The molecule has 4 atom stereocenters. The molecule has 0 aromatic heterocycles. The zero-order valence-electron chi connectivity index (χ0n) is 12.5. The topological polar surface area (TPSA) is 70.9 Å². The molecule has 0 spiro atoms. The van der Waals surface area contributed by atoms with Crippen LogP contribution in [0.4, 0.5) is 0 Å². The smallest absolute Gasteiger partial charge is 0.297 e. The van der Waals surface area contributed by atoms with E-state index >= 15 is 0 Å². The van der Waals surface area contributed by atoms with Gasteiger partial charge in [-0.25, -0.2) is 9.20 Å². The highest BCUT2D eigenvalue weighted by atomic mass is 32.2. The average Bonchev–Trinajstić information content (AvgIpc) is 2.55. The monoisotopic (exact) mass is 322 g/mol. The Hall–Kier alpha value is -1.40. The number of nitrogens with zero attached hydrogens (tertiary/aromatic N) is 1. The van der Waals surface area contributed by atoms with Crippen LogP contribution in [0.5, 0.6) is 0 Å². The van der Waals surface area contributed by atoms with Crippen LogP contribution in [-0.2, 0) is 15.7 Å². The van der Waals surface area contributed by atoms with Crippen molar-refractivity contribution in [3.8, 4) is 0 Å². The van der Waals surface area contributed by atoms with Gasteiger partial charge in [-0.1, -0.05) is 36.8 Å². The van der Waals surface area contributed by atoms with Crippen molar-refractivity contribution in [3.05, 3.63) is 35.9 Å². The Morgan fingerprint density at radius 2 is 2.09 bits per heavy atom. The van der Waals surface area contributed by atoms with Crippen molar-refractivity contribution < 1.29 is 14.1 Å². The van der Waals surface area contributed by atoms with Crippen molar-refractivity contribution in [1.82, 2.24) is 4.72 Å². The molecule has 2 N–H and O–H groups in total. The number of aliphatic imine (C=N–C) groups is 1. The summed E-state index contributed by atoms with van der Waals surface area (Å²) in [4.78, 5) is 4.57. The Labute approximate surface area is 133 Å². The van der Waals surface area contributed by atoms with Crippen molar-refractivity contribution in [2.24, 2.45) is 4.99 Å². The number of rotatable bonds is 4. The molecule has 0 amide bonds. The van der Waals surface area contributed by atoms with E-state index in [9.17, 15) is 9.32 Å². The maximum atomic E-state index is 12.3. The number of ether oxygens (including phenoxy) is 1. The average molecular weight is 322 g/mol. The Bertz CT molecular complexity index is 550. The molecule has 6 heteroatoms. The van der Waals surface area contributed by atoms with Crippen LogP contribution in [0.3, 0.4) is 0 Å². The van der Waals surface area contributed by atoms with Gasteiger partial charge in [0.15, 0.2) is 0 Å². The van der Waals surface area contributed by atoms with E-state index < -0.39 is 11.0 Å². The molecule has 1 aliphatic carbocycles. The Kier molecular flexibility index (Phi) is 5.10. The zero-order chi connectivity index (χ0) is 15.4. The Morgan fingerprint density at radius 3 is 2.86 bits per heavy atom. The van der Waals surface area contributed by atoms with E-state index in [1.54, 1.807) is 0 Å². The van der Waals surface area contributed by atoms with E-state index in [1.165, 1.54) is 0 Å². The SMILES string of the molecule is O=S1NC(=N[C@H](CCO)c2ccccc2)OC2CCCCC21. The van der Waals surface area contributed by atoms with Gasteiger partial charge in [0.25, 0.3) is 6.02 Å². The maximum Gasteiger partial charge on any atom is 0.297 e. The van der Waals surface area contributed by atoms with Gasteiger partial charge in [-0.3, -0.25) is 4.72 Å². The molecule has 1 saturated carbocycles. The predicted octanol–water partition coefficient (Wildman–Crippen LogP) is 2.06. The van der Waals surface area contributed by atoms with Crippen LogP contribution in [0.25, 0.3) is 0 Å². The Balaban J connectivity index is 1.78. The molecule has 5 nitrogen and oxygen atoms in total. The van der Waals surface area contributed by atoms with Crippen molar-refractivity contribution in [3.63, 3.8) is 0 Å². The van der Waals surface area contributed by atoms with Crippen LogP contribution < -0.4 is 4.72 Å². The summed E-state index contributed by atoms with van der Waals surface area (Å²) in [6, 6.07) is 9.97. The highest BCUT2D eigenvalue weighted by Crippen LogP contribution is 2.28. The van der Waals surface area contributed by atoms with Crippen molar-refractivity contribution in [1.29, 1.82) is 0 Å². The van der Waals surface area contributed by atoms with Gasteiger partial charge >= 0.3 is 0 Å². The van der Waals surface area contributed by atoms with Gasteiger partial charge in [0, 0.05) is 6.61 Å². The molecular weight excluding hydrogens is 300 g/mol. The van der Waals surface area contributed by atoms with Crippen LogP contribution in [0.1, 0.15) is 43.7 Å². The summed E-state index contributed by atoms with van der Waals surface area (Å²) in [5, 5.41) is 9.35. The first-order valence-corrected chi connectivity index (χ1v) is 9.06. The maximum absolute atomic E-state index is 12.3. The van der Waals surface area contributed by atoms with Crippen LogP contribution >= 0.6 is 0 Å². The van der Waals surface area contributed by atoms with E-state index in [4.69, 9.17) is 4.74 Å². The van der Waals surface area contributed by atoms with Gasteiger partial charge in [0.1, 0.15) is 17.1 Å². The second kappa shape index (κ2) is 7.24. The summed E-state index contributed by atoms with van der Waals surface area (Å²) in [6.07, 6.45) is 4.62. The predicted molar refractivity (Wildman–Crippen MR) is 86.7 cm³/mol. The minimum atomic E-state index is -1.13. The van der Waals surface area contributed by atoms with Crippen molar-refractivity contribution >= 4 is 17.0 Å². The lowest BCUT2D eigenvalue weighted by Crippen LogP contribution is -2.51. The van der Waals surface area contributed by atoms with E-state index in [0.29, 0.717) is 12.4 Å². The summed E-state index contributed by atoms with van der Waals surface area (Å²) in [5.41, 5.74) is 1.02. The van der Waals surface area contributed by atoms with Gasteiger partial charge in [-0.15, -0.1) is 0 Å².